The predicted octanol–water partition coefficient (Wildman–Crippen LogP) is 4.53. The number of rotatable bonds is 8. The fourth-order valence-corrected chi connectivity index (χ4v) is 3.54. The number of carbonyl (C=O) groups excluding carboxylic acids is 1. The van der Waals surface area contributed by atoms with E-state index in [1.54, 1.807) is 0 Å². The number of carbonyl (C=O) groups is 1. The average Bonchev–Trinajstić information content (AvgIpc) is 3.21. The third kappa shape index (κ3) is 5.83. The minimum atomic E-state index is 0.0719. The largest absolute Gasteiger partial charge is 0.372 e. The highest BCUT2D eigenvalue weighted by Crippen LogP contribution is 2.22. The highest BCUT2D eigenvalue weighted by atomic mass is 16.1. The Balaban J connectivity index is 1.48. The number of hydrogen-bond acceptors (Lipinski definition) is 3. The van der Waals surface area contributed by atoms with Crippen molar-refractivity contribution in [2.24, 2.45) is 0 Å². The van der Waals surface area contributed by atoms with Gasteiger partial charge in [-0.2, -0.15) is 0 Å². The monoisotopic (exact) mass is 365 g/mol. The molecule has 1 saturated heterocycles. The molecule has 0 spiro atoms. The Kier molecular flexibility index (Phi) is 6.88. The van der Waals surface area contributed by atoms with Crippen LogP contribution >= 0.6 is 0 Å². The lowest BCUT2D eigenvalue weighted by atomic mass is 10.2. The van der Waals surface area contributed by atoms with Crippen molar-refractivity contribution in [2.45, 2.75) is 45.7 Å². The van der Waals surface area contributed by atoms with Crippen molar-refractivity contribution in [1.29, 1.82) is 0 Å². The summed E-state index contributed by atoms with van der Waals surface area (Å²) in [7, 11) is 0. The van der Waals surface area contributed by atoms with Crippen LogP contribution in [0.3, 0.4) is 0 Å². The standard InChI is InChI=1S/C23H31N3O/c1-19(2)26(18-20-8-4-3-5-9-20)17-14-23(27)24-21-10-12-22(13-11-21)25-15-6-7-16-25/h3-5,8-13,19H,6-7,14-18H2,1-2H3,(H,24,27). The highest BCUT2D eigenvalue weighted by molar-refractivity contribution is 5.91. The molecule has 0 bridgehead atoms. The van der Waals surface area contributed by atoms with Gasteiger partial charge in [0.15, 0.2) is 0 Å². The molecule has 0 radical (unpaired) electrons. The first-order chi connectivity index (χ1) is 13.1. The van der Waals surface area contributed by atoms with Gasteiger partial charge in [0.2, 0.25) is 5.91 Å². The van der Waals surface area contributed by atoms with Gasteiger partial charge in [-0.3, -0.25) is 9.69 Å². The van der Waals surface area contributed by atoms with Crippen molar-refractivity contribution in [2.75, 3.05) is 29.9 Å². The molecule has 4 heteroatoms. The molecule has 1 fully saturated rings. The minimum absolute atomic E-state index is 0.0719. The molecule has 3 rings (SSSR count). The second-order valence-corrected chi connectivity index (χ2v) is 7.59. The zero-order valence-corrected chi connectivity index (χ0v) is 16.5. The van der Waals surface area contributed by atoms with E-state index >= 15 is 0 Å². The quantitative estimate of drug-likeness (QED) is 0.747. The van der Waals surface area contributed by atoms with Gasteiger partial charge in [0.25, 0.3) is 0 Å². The summed E-state index contributed by atoms with van der Waals surface area (Å²) in [6, 6.07) is 19.1. The molecule has 2 aromatic carbocycles. The van der Waals surface area contributed by atoms with Gasteiger partial charge in [-0.15, -0.1) is 0 Å². The maximum atomic E-state index is 12.4. The maximum Gasteiger partial charge on any atom is 0.225 e. The van der Waals surface area contributed by atoms with Crippen LogP contribution in [0.25, 0.3) is 0 Å². The van der Waals surface area contributed by atoms with E-state index in [-0.39, 0.29) is 5.91 Å². The lowest BCUT2D eigenvalue weighted by Gasteiger charge is -2.26. The normalized spacial score (nSPS) is 14.1. The van der Waals surface area contributed by atoms with E-state index in [1.807, 2.05) is 18.2 Å². The van der Waals surface area contributed by atoms with Crippen molar-refractivity contribution < 1.29 is 4.79 Å². The number of nitrogens with zero attached hydrogens (tertiary/aromatic N) is 2. The molecule has 144 valence electrons. The molecule has 1 N–H and O–H groups in total. The molecule has 1 amide bonds. The third-order valence-electron chi connectivity index (χ3n) is 5.21. The molecular weight excluding hydrogens is 334 g/mol. The Morgan fingerprint density at radius 1 is 1.04 bits per heavy atom. The van der Waals surface area contributed by atoms with Crippen LogP contribution in [0.2, 0.25) is 0 Å². The minimum Gasteiger partial charge on any atom is -0.372 e. The van der Waals surface area contributed by atoms with Gasteiger partial charge in [0.05, 0.1) is 0 Å². The zero-order valence-electron chi connectivity index (χ0n) is 16.5. The lowest BCUT2D eigenvalue weighted by Crippen LogP contribution is -2.33. The van der Waals surface area contributed by atoms with E-state index in [1.165, 1.54) is 24.1 Å². The van der Waals surface area contributed by atoms with Gasteiger partial charge in [0.1, 0.15) is 0 Å². The molecule has 27 heavy (non-hydrogen) atoms. The second-order valence-electron chi connectivity index (χ2n) is 7.59. The van der Waals surface area contributed by atoms with Crippen LogP contribution in [0.5, 0.6) is 0 Å². The summed E-state index contributed by atoms with van der Waals surface area (Å²) >= 11 is 0. The number of benzene rings is 2. The molecule has 2 aromatic rings. The summed E-state index contributed by atoms with van der Waals surface area (Å²) in [6.07, 6.45) is 3.04. The predicted molar refractivity (Wildman–Crippen MR) is 113 cm³/mol. The number of anilines is 2. The van der Waals surface area contributed by atoms with Gasteiger partial charge < -0.3 is 10.2 Å². The molecule has 0 atom stereocenters. The van der Waals surface area contributed by atoms with Crippen LogP contribution in [0, 0.1) is 0 Å². The van der Waals surface area contributed by atoms with Crippen LogP contribution in [0.1, 0.15) is 38.7 Å². The van der Waals surface area contributed by atoms with Gasteiger partial charge >= 0.3 is 0 Å². The van der Waals surface area contributed by atoms with Crippen molar-refractivity contribution in [3.05, 3.63) is 60.2 Å². The van der Waals surface area contributed by atoms with Crippen LogP contribution in [0.4, 0.5) is 11.4 Å². The van der Waals surface area contributed by atoms with Crippen LogP contribution < -0.4 is 10.2 Å². The summed E-state index contributed by atoms with van der Waals surface area (Å²) in [5, 5.41) is 3.03. The molecule has 0 unspecified atom stereocenters. The van der Waals surface area contributed by atoms with Crippen LogP contribution in [0.15, 0.2) is 54.6 Å². The van der Waals surface area contributed by atoms with Crippen molar-refractivity contribution in [1.82, 2.24) is 4.90 Å². The fourth-order valence-electron chi connectivity index (χ4n) is 3.54. The van der Waals surface area contributed by atoms with Crippen LogP contribution in [-0.4, -0.2) is 36.5 Å². The molecule has 4 nitrogen and oxygen atoms in total. The van der Waals surface area contributed by atoms with Crippen molar-refractivity contribution in [3.8, 4) is 0 Å². The van der Waals surface area contributed by atoms with E-state index in [9.17, 15) is 4.79 Å². The maximum absolute atomic E-state index is 12.4. The van der Waals surface area contributed by atoms with Crippen LogP contribution in [-0.2, 0) is 11.3 Å². The molecule has 1 heterocycles. The Morgan fingerprint density at radius 2 is 1.70 bits per heavy atom. The third-order valence-corrected chi connectivity index (χ3v) is 5.21. The molecule has 0 aromatic heterocycles. The number of hydrogen-bond donors (Lipinski definition) is 1. The molecular formula is C23H31N3O. The fraction of sp³-hybridized carbons (Fsp3) is 0.435. The summed E-state index contributed by atoms with van der Waals surface area (Å²) in [6.45, 7) is 8.26. The molecule has 1 aliphatic rings. The average molecular weight is 366 g/mol. The smallest absolute Gasteiger partial charge is 0.225 e. The number of amides is 1. The molecule has 0 saturated carbocycles. The number of nitrogens with one attached hydrogen (secondary N) is 1. The van der Waals surface area contributed by atoms with Crippen molar-refractivity contribution >= 4 is 17.3 Å². The highest BCUT2D eigenvalue weighted by Gasteiger charge is 2.14. The first-order valence-corrected chi connectivity index (χ1v) is 10.0. The van der Waals surface area contributed by atoms with E-state index in [2.05, 4.69) is 65.4 Å². The van der Waals surface area contributed by atoms with Gasteiger partial charge in [-0.25, -0.2) is 0 Å². The van der Waals surface area contributed by atoms with E-state index in [4.69, 9.17) is 0 Å². The van der Waals surface area contributed by atoms with E-state index in [0.717, 1.165) is 31.9 Å². The zero-order chi connectivity index (χ0) is 19.1. The van der Waals surface area contributed by atoms with Gasteiger partial charge in [-0.1, -0.05) is 30.3 Å². The van der Waals surface area contributed by atoms with Crippen molar-refractivity contribution in [3.63, 3.8) is 0 Å². The summed E-state index contributed by atoms with van der Waals surface area (Å²) in [5.41, 5.74) is 3.41. The first kappa shape index (κ1) is 19.4. The first-order valence-electron chi connectivity index (χ1n) is 10.0. The van der Waals surface area contributed by atoms with Gasteiger partial charge in [-0.05, 0) is 56.5 Å². The Bertz CT molecular complexity index is 706. The van der Waals surface area contributed by atoms with E-state index in [0.29, 0.717) is 12.5 Å². The second kappa shape index (κ2) is 9.56. The SMILES string of the molecule is CC(C)N(CCC(=O)Nc1ccc(N2CCCC2)cc1)Cc1ccccc1. The lowest BCUT2D eigenvalue weighted by molar-refractivity contribution is -0.116. The Labute approximate surface area is 163 Å². The summed E-state index contributed by atoms with van der Waals surface area (Å²) in [4.78, 5) is 17.1. The summed E-state index contributed by atoms with van der Waals surface area (Å²) < 4.78 is 0. The van der Waals surface area contributed by atoms with E-state index < -0.39 is 0 Å². The topological polar surface area (TPSA) is 35.6 Å². The molecule has 0 aliphatic carbocycles. The van der Waals surface area contributed by atoms with Gasteiger partial charge in [0, 0.05) is 50.0 Å². The Hall–Kier alpha value is -2.33. The summed E-state index contributed by atoms with van der Waals surface area (Å²) in [5.74, 6) is 0.0719. The molecule has 1 aliphatic heterocycles. The Morgan fingerprint density at radius 3 is 2.33 bits per heavy atom.